The van der Waals surface area contributed by atoms with Crippen molar-refractivity contribution in [1.29, 1.82) is 0 Å². The molecule has 0 unspecified atom stereocenters. The van der Waals surface area contributed by atoms with E-state index in [4.69, 9.17) is 0 Å². The summed E-state index contributed by atoms with van der Waals surface area (Å²) < 4.78 is 2.08. The van der Waals surface area contributed by atoms with E-state index >= 15 is 0 Å². The van der Waals surface area contributed by atoms with Crippen LogP contribution in [0.3, 0.4) is 0 Å². The topological polar surface area (TPSA) is 67.2 Å². The van der Waals surface area contributed by atoms with Crippen LogP contribution in [0.25, 0.3) is 10.9 Å². The van der Waals surface area contributed by atoms with E-state index in [0.29, 0.717) is 5.57 Å². The lowest BCUT2D eigenvalue weighted by molar-refractivity contribution is -0.139. The normalized spacial score (nSPS) is 18.5. The number of amides is 2. The predicted molar refractivity (Wildman–Crippen MR) is 102 cm³/mol. The molecule has 2 amide bonds. The van der Waals surface area contributed by atoms with Gasteiger partial charge in [-0.2, -0.15) is 0 Å². The van der Waals surface area contributed by atoms with Crippen molar-refractivity contribution >= 4 is 28.4 Å². The van der Waals surface area contributed by atoms with Gasteiger partial charge in [0.25, 0.3) is 5.91 Å². The Kier molecular flexibility index (Phi) is 3.25. The SMILES string of the molecule is CC(=O)N1CC2=C(C1=O)[C@H](c1cccnc1)c1cn(C)c3cccc(c13)N2. The summed E-state index contributed by atoms with van der Waals surface area (Å²) in [5, 5.41) is 4.55. The number of pyridine rings is 1. The Bertz CT molecular complexity index is 1140. The van der Waals surface area contributed by atoms with Gasteiger partial charge in [0, 0.05) is 55.3 Å². The van der Waals surface area contributed by atoms with Crippen LogP contribution in [0.5, 0.6) is 0 Å². The Morgan fingerprint density at radius 3 is 2.85 bits per heavy atom. The molecule has 1 aromatic carbocycles. The quantitative estimate of drug-likeness (QED) is 0.726. The summed E-state index contributed by atoms with van der Waals surface area (Å²) in [6.45, 7) is 1.70. The summed E-state index contributed by atoms with van der Waals surface area (Å²) in [4.78, 5) is 30.7. The van der Waals surface area contributed by atoms with Crippen LogP contribution in [0.2, 0.25) is 0 Å². The summed E-state index contributed by atoms with van der Waals surface area (Å²) >= 11 is 0. The molecule has 4 heterocycles. The summed E-state index contributed by atoms with van der Waals surface area (Å²) in [5.74, 6) is -0.750. The average molecular weight is 358 g/mol. The van der Waals surface area contributed by atoms with Crippen molar-refractivity contribution in [3.8, 4) is 0 Å². The van der Waals surface area contributed by atoms with Crippen LogP contribution in [0.1, 0.15) is 24.0 Å². The molecule has 0 bridgehead atoms. The van der Waals surface area contributed by atoms with E-state index in [0.717, 1.165) is 33.4 Å². The molecule has 27 heavy (non-hydrogen) atoms. The van der Waals surface area contributed by atoms with Crippen molar-refractivity contribution in [3.63, 3.8) is 0 Å². The zero-order chi connectivity index (χ0) is 18.7. The van der Waals surface area contributed by atoms with E-state index in [2.05, 4.69) is 27.1 Å². The largest absolute Gasteiger partial charge is 0.356 e. The minimum absolute atomic E-state index is 0.233. The smallest absolute Gasteiger partial charge is 0.259 e. The van der Waals surface area contributed by atoms with Crippen molar-refractivity contribution in [1.82, 2.24) is 14.5 Å². The van der Waals surface area contributed by atoms with Gasteiger partial charge in [-0.1, -0.05) is 12.1 Å². The van der Waals surface area contributed by atoms with Gasteiger partial charge >= 0.3 is 0 Å². The van der Waals surface area contributed by atoms with Gasteiger partial charge in [0.05, 0.1) is 17.6 Å². The monoisotopic (exact) mass is 358 g/mol. The number of aryl methyl sites for hydroxylation is 1. The third-order valence-corrected chi connectivity index (χ3v) is 5.44. The Hall–Kier alpha value is -3.41. The van der Waals surface area contributed by atoms with Gasteiger partial charge in [-0.15, -0.1) is 0 Å². The lowest BCUT2D eigenvalue weighted by atomic mass is 9.85. The van der Waals surface area contributed by atoms with Crippen LogP contribution in [0.15, 0.2) is 60.2 Å². The molecule has 6 heteroatoms. The van der Waals surface area contributed by atoms with Crippen molar-refractivity contribution in [2.45, 2.75) is 12.8 Å². The minimum atomic E-state index is -0.273. The highest BCUT2D eigenvalue weighted by atomic mass is 16.2. The highest BCUT2D eigenvalue weighted by Gasteiger charge is 2.41. The molecule has 0 radical (unpaired) electrons. The van der Waals surface area contributed by atoms with Gasteiger partial charge in [-0.25, -0.2) is 0 Å². The molecule has 0 spiro atoms. The Morgan fingerprint density at radius 2 is 2.11 bits per heavy atom. The van der Waals surface area contributed by atoms with Gasteiger partial charge in [-0.3, -0.25) is 19.5 Å². The summed E-state index contributed by atoms with van der Waals surface area (Å²) in [5.41, 5.74) is 5.46. The first-order chi connectivity index (χ1) is 13.1. The van der Waals surface area contributed by atoms with E-state index in [1.54, 1.807) is 12.4 Å². The zero-order valence-electron chi connectivity index (χ0n) is 15.1. The van der Waals surface area contributed by atoms with Gasteiger partial charge < -0.3 is 9.88 Å². The van der Waals surface area contributed by atoms with Crippen molar-refractivity contribution in [2.24, 2.45) is 7.05 Å². The van der Waals surface area contributed by atoms with Gasteiger partial charge in [0.2, 0.25) is 5.91 Å². The van der Waals surface area contributed by atoms with Gasteiger partial charge in [-0.05, 0) is 29.3 Å². The molecule has 2 aliphatic rings. The molecule has 0 aliphatic carbocycles. The van der Waals surface area contributed by atoms with Gasteiger partial charge in [0.15, 0.2) is 0 Å². The van der Waals surface area contributed by atoms with E-state index in [9.17, 15) is 9.59 Å². The molecule has 3 aromatic rings. The Labute approximate surface area is 156 Å². The second-order valence-corrected chi connectivity index (χ2v) is 7.04. The summed E-state index contributed by atoms with van der Waals surface area (Å²) in [6, 6.07) is 9.95. The Morgan fingerprint density at radius 1 is 1.26 bits per heavy atom. The maximum Gasteiger partial charge on any atom is 0.259 e. The summed E-state index contributed by atoms with van der Waals surface area (Å²) in [6.07, 6.45) is 5.60. The second-order valence-electron chi connectivity index (χ2n) is 7.04. The van der Waals surface area contributed by atoms with Crippen LogP contribution in [0, 0.1) is 0 Å². The first-order valence-electron chi connectivity index (χ1n) is 8.86. The molecular weight excluding hydrogens is 340 g/mol. The van der Waals surface area contributed by atoms with E-state index in [1.165, 1.54) is 11.8 Å². The molecule has 6 nitrogen and oxygen atoms in total. The minimum Gasteiger partial charge on any atom is -0.356 e. The number of hydrogen-bond donors (Lipinski definition) is 1. The molecule has 0 fully saturated rings. The molecule has 1 N–H and O–H groups in total. The number of benzene rings is 1. The maximum absolute atomic E-state index is 13.2. The Balaban J connectivity index is 1.82. The van der Waals surface area contributed by atoms with Gasteiger partial charge in [0.1, 0.15) is 0 Å². The number of carbonyl (C=O) groups is 2. The molecule has 1 atom stereocenters. The van der Waals surface area contributed by atoms with Crippen LogP contribution < -0.4 is 5.32 Å². The molecule has 2 aromatic heterocycles. The van der Waals surface area contributed by atoms with E-state index in [1.807, 2.05) is 31.3 Å². The standard InChI is InChI=1S/C21H18N4O2/c1-12(26)25-11-16-20(21(25)27)18(13-5-4-8-22-9-13)14-10-24(2)17-7-3-6-15(23-16)19(14)17/h3-10,18,23H,11H2,1-2H3/t18-/m1/s1. The number of imide groups is 1. The fourth-order valence-corrected chi connectivity index (χ4v) is 4.26. The molecule has 0 saturated carbocycles. The average Bonchev–Trinajstić information content (AvgIpc) is 3.11. The van der Waals surface area contributed by atoms with E-state index in [-0.39, 0.29) is 24.3 Å². The number of carbonyl (C=O) groups excluding carboxylic acids is 2. The van der Waals surface area contributed by atoms with Crippen LogP contribution >= 0.6 is 0 Å². The number of anilines is 1. The number of aromatic nitrogens is 2. The number of hydrogen-bond acceptors (Lipinski definition) is 4. The predicted octanol–water partition coefficient (Wildman–Crippen LogP) is 2.77. The van der Waals surface area contributed by atoms with Crippen LogP contribution in [-0.4, -0.2) is 32.8 Å². The number of rotatable bonds is 1. The molecular formula is C21H18N4O2. The number of nitrogens with one attached hydrogen (secondary N) is 1. The van der Waals surface area contributed by atoms with Crippen molar-refractivity contribution in [3.05, 3.63) is 71.3 Å². The molecule has 0 saturated heterocycles. The maximum atomic E-state index is 13.2. The lowest BCUT2D eigenvalue weighted by Crippen LogP contribution is -2.33. The van der Waals surface area contributed by atoms with Crippen LogP contribution in [-0.2, 0) is 16.6 Å². The molecule has 2 aliphatic heterocycles. The zero-order valence-corrected chi connectivity index (χ0v) is 15.1. The first kappa shape index (κ1) is 15.8. The van der Waals surface area contributed by atoms with Crippen molar-refractivity contribution in [2.75, 3.05) is 11.9 Å². The third-order valence-electron chi connectivity index (χ3n) is 5.44. The second kappa shape index (κ2) is 5.54. The number of nitrogens with zero attached hydrogens (tertiary/aromatic N) is 3. The fourth-order valence-electron chi connectivity index (χ4n) is 4.26. The molecule has 134 valence electrons. The van der Waals surface area contributed by atoms with E-state index < -0.39 is 0 Å². The first-order valence-corrected chi connectivity index (χ1v) is 8.86. The third kappa shape index (κ3) is 2.16. The highest BCUT2D eigenvalue weighted by molar-refractivity contribution is 6.11. The lowest BCUT2D eigenvalue weighted by Gasteiger charge is -2.19. The van der Waals surface area contributed by atoms with Crippen molar-refractivity contribution < 1.29 is 9.59 Å². The summed E-state index contributed by atoms with van der Waals surface area (Å²) in [7, 11) is 2.01. The highest BCUT2D eigenvalue weighted by Crippen LogP contribution is 2.45. The fraction of sp³-hybridized carbons (Fsp3) is 0.190. The molecule has 5 rings (SSSR count). The van der Waals surface area contributed by atoms with Crippen LogP contribution in [0.4, 0.5) is 5.69 Å².